The Labute approximate surface area is 214 Å². The van der Waals surface area contributed by atoms with Crippen LogP contribution in [0.5, 0.6) is 0 Å². The van der Waals surface area contributed by atoms with Crippen molar-refractivity contribution in [2.75, 3.05) is 6.61 Å². The van der Waals surface area contributed by atoms with Crippen molar-refractivity contribution in [3.63, 3.8) is 0 Å². The van der Waals surface area contributed by atoms with E-state index in [0.29, 0.717) is 43.1 Å². The molecule has 12 unspecified atom stereocenters. The first-order valence-corrected chi connectivity index (χ1v) is 13.9. The minimum atomic E-state index is -1.26. The molecule has 1 heterocycles. The van der Waals surface area contributed by atoms with E-state index in [1.165, 1.54) is 0 Å². The van der Waals surface area contributed by atoms with Gasteiger partial charge in [-0.05, 0) is 86.2 Å². The molecule has 5 aliphatic rings. The van der Waals surface area contributed by atoms with Gasteiger partial charge in [0.1, 0.15) is 6.10 Å². The van der Waals surface area contributed by atoms with Crippen LogP contribution in [0.25, 0.3) is 0 Å². The van der Waals surface area contributed by atoms with Crippen LogP contribution in [0, 0.1) is 39.9 Å². The molecule has 12 atom stereocenters. The Morgan fingerprint density at radius 3 is 2.33 bits per heavy atom. The van der Waals surface area contributed by atoms with Crippen LogP contribution in [0.3, 0.4) is 0 Å². The number of fused-ring (bicyclic) bond motifs is 5. The van der Waals surface area contributed by atoms with E-state index >= 15 is 0 Å². The van der Waals surface area contributed by atoms with Gasteiger partial charge in [0, 0.05) is 5.41 Å². The summed E-state index contributed by atoms with van der Waals surface area (Å²) in [4.78, 5) is 13.7. The highest BCUT2D eigenvalue weighted by Crippen LogP contribution is 2.71. The van der Waals surface area contributed by atoms with Gasteiger partial charge in [-0.2, -0.15) is 0 Å². The Morgan fingerprint density at radius 2 is 1.72 bits per heavy atom. The van der Waals surface area contributed by atoms with Crippen LogP contribution in [0.4, 0.5) is 0 Å². The molecular weight excluding hydrogens is 460 g/mol. The van der Waals surface area contributed by atoms with Crippen LogP contribution >= 0.6 is 0 Å². The monoisotopic (exact) mass is 506 g/mol. The number of carbonyl (C=O) groups excluding carboxylic acids is 1. The molecule has 7 heteroatoms. The number of aliphatic hydroxyl groups is 5. The van der Waals surface area contributed by atoms with Crippen molar-refractivity contribution in [1.82, 2.24) is 0 Å². The molecule has 5 N–H and O–H groups in total. The highest BCUT2D eigenvalue weighted by atomic mass is 16.6. The maximum atomic E-state index is 13.7. The molecular formula is C29H46O7. The smallest absolute Gasteiger partial charge is 0.164 e. The second-order valence-corrected chi connectivity index (χ2v) is 14.0. The number of carbonyl (C=O) groups is 1. The van der Waals surface area contributed by atoms with Gasteiger partial charge in [0.2, 0.25) is 0 Å². The zero-order valence-electron chi connectivity index (χ0n) is 22.7. The first-order chi connectivity index (χ1) is 16.6. The van der Waals surface area contributed by atoms with E-state index in [1.54, 1.807) is 6.08 Å². The summed E-state index contributed by atoms with van der Waals surface area (Å²) >= 11 is 0. The number of rotatable bonds is 5. The predicted octanol–water partition coefficient (Wildman–Crippen LogP) is 2.36. The second-order valence-electron chi connectivity index (χ2n) is 14.0. The lowest BCUT2D eigenvalue weighted by Crippen LogP contribution is -2.66. The summed E-state index contributed by atoms with van der Waals surface area (Å²) in [6.45, 7) is 11.9. The number of ketones is 1. The summed E-state index contributed by atoms with van der Waals surface area (Å²) in [5, 5.41) is 55.8. The van der Waals surface area contributed by atoms with Crippen molar-refractivity contribution in [2.24, 2.45) is 39.9 Å². The van der Waals surface area contributed by atoms with E-state index < -0.39 is 46.3 Å². The number of ether oxygens (including phenoxy) is 1. The summed E-state index contributed by atoms with van der Waals surface area (Å²) in [6, 6.07) is 0. The molecule has 0 radical (unpaired) electrons. The SMILES string of the molecule is CC(C)C(C)C1OC1C(C)(O)C1CCC2(O)C3=CC(=O)C4(CO)CC(O)C(O)CC4(C)C3CCC12C. The highest BCUT2D eigenvalue weighted by molar-refractivity contribution is 5.98. The number of hydrogen-bond donors (Lipinski definition) is 5. The van der Waals surface area contributed by atoms with Crippen molar-refractivity contribution in [2.45, 2.75) is 116 Å². The van der Waals surface area contributed by atoms with Gasteiger partial charge >= 0.3 is 0 Å². The quantitative estimate of drug-likeness (QED) is 0.362. The Hall–Kier alpha value is -0.830. The molecule has 7 nitrogen and oxygen atoms in total. The zero-order valence-corrected chi connectivity index (χ0v) is 22.7. The van der Waals surface area contributed by atoms with Crippen LogP contribution in [0.2, 0.25) is 0 Å². The van der Waals surface area contributed by atoms with Crippen molar-refractivity contribution in [3.8, 4) is 0 Å². The molecule has 3 saturated carbocycles. The number of aliphatic hydroxyl groups excluding tert-OH is 3. The lowest BCUT2D eigenvalue weighted by Gasteiger charge is -2.64. The fourth-order valence-electron chi connectivity index (χ4n) is 9.33. The van der Waals surface area contributed by atoms with E-state index in [2.05, 4.69) is 27.7 Å². The van der Waals surface area contributed by atoms with E-state index in [1.807, 2.05) is 13.8 Å². The maximum absolute atomic E-state index is 13.7. The summed E-state index contributed by atoms with van der Waals surface area (Å²) in [6.07, 6.45) is 1.88. The van der Waals surface area contributed by atoms with Gasteiger partial charge < -0.3 is 30.3 Å². The zero-order chi connectivity index (χ0) is 26.6. The number of hydrogen-bond acceptors (Lipinski definition) is 7. The second kappa shape index (κ2) is 8.09. The Morgan fingerprint density at radius 1 is 1.08 bits per heavy atom. The van der Waals surface area contributed by atoms with Gasteiger partial charge in [0.15, 0.2) is 5.78 Å². The van der Waals surface area contributed by atoms with Crippen LogP contribution < -0.4 is 0 Å². The van der Waals surface area contributed by atoms with Gasteiger partial charge in [-0.25, -0.2) is 0 Å². The molecule has 36 heavy (non-hydrogen) atoms. The summed E-state index contributed by atoms with van der Waals surface area (Å²) in [5.41, 5.74) is -4.27. The Balaban J connectivity index is 1.51. The minimum Gasteiger partial charge on any atom is -0.395 e. The van der Waals surface area contributed by atoms with Gasteiger partial charge in [0.05, 0.1) is 41.5 Å². The number of allylic oxidation sites excluding steroid dienone is 1. The first kappa shape index (κ1) is 26.8. The van der Waals surface area contributed by atoms with Crippen LogP contribution in [-0.4, -0.2) is 73.5 Å². The van der Waals surface area contributed by atoms with E-state index in [-0.39, 0.29) is 42.7 Å². The van der Waals surface area contributed by atoms with E-state index in [9.17, 15) is 30.3 Å². The summed E-state index contributed by atoms with van der Waals surface area (Å²) in [5.74, 6) is 0.102. The molecule has 4 aliphatic carbocycles. The maximum Gasteiger partial charge on any atom is 0.164 e. The summed E-state index contributed by atoms with van der Waals surface area (Å²) in [7, 11) is 0. The fourth-order valence-corrected chi connectivity index (χ4v) is 9.33. The average Bonchev–Trinajstić information content (AvgIpc) is 3.55. The Kier molecular flexibility index (Phi) is 6.01. The lowest BCUT2D eigenvalue weighted by atomic mass is 9.41. The molecule has 204 valence electrons. The lowest BCUT2D eigenvalue weighted by molar-refractivity contribution is -0.191. The minimum absolute atomic E-state index is 0.00309. The number of epoxide rings is 1. The van der Waals surface area contributed by atoms with Crippen molar-refractivity contribution >= 4 is 5.78 Å². The van der Waals surface area contributed by atoms with Gasteiger partial charge in [0.25, 0.3) is 0 Å². The molecule has 1 aliphatic heterocycles. The van der Waals surface area contributed by atoms with Crippen LogP contribution in [0.15, 0.2) is 11.6 Å². The molecule has 0 aromatic rings. The molecule has 0 spiro atoms. The van der Waals surface area contributed by atoms with E-state index in [4.69, 9.17) is 4.74 Å². The molecule has 5 rings (SSSR count). The molecule has 1 saturated heterocycles. The first-order valence-electron chi connectivity index (χ1n) is 13.9. The largest absolute Gasteiger partial charge is 0.395 e. The predicted molar refractivity (Wildman–Crippen MR) is 134 cm³/mol. The third-order valence-electron chi connectivity index (χ3n) is 12.2. The van der Waals surface area contributed by atoms with E-state index in [0.717, 1.165) is 0 Å². The summed E-state index contributed by atoms with van der Waals surface area (Å²) < 4.78 is 6.06. The third-order valence-corrected chi connectivity index (χ3v) is 12.2. The molecule has 0 amide bonds. The molecule has 0 aromatic heterocycles. The highest BCUT2D eigenvalue weighted by Gasteiger charge is 2.73. The van der Waals surface area contributed by atoms with Gasteiger partial charge in [-0.15, -0.1) is 0 Å². The molecule has 0 bridgehead atoms. The van der Waals surface area contributed by atoms with Crippen molar-refractivity contribution < 1.29 is 35.1 Å². The van der Waals surface area contributed by atoms with Gasteiger partial charge in [-0.3, -0.25) is 4.79 Å². The normalized spacial score (nSPS) is 52.7. The third kappa shape index (κ3) is 3.16. The van der Waals surface area contributed by atoms with Crippen molar-refractivity contribution in [1.29, 1.82) is 0 Å². The average molecular weight is 507 g/mol. The topological polar surface area (TPSA) is 131 Å². The van der Waals surface area contributed by atoms with Crippen LogP contribution in [-0.2, 0) is 9.53 Å². The van der Waals surface area contributed by atoms with Crippen molar-refractivity contribution in [3.05, 3.63) is 11.6 Å². The van der Waals surface area contributed by atoms with Gasteiger partial charge in [-0.1, -0.05) is 34.6 Å². The Bertz CT molecular complexity index is 959. The molecule has 4 fully saturated rings. The van der Waals surface area contributed by atoms with Crippen LogP contribution in [0.1, 0.15) is 80.1 Å². The standard InChI is InChI=1S/C29H46O7/c1-15(2)16(3)23-24(36-23)27(6,34)21-8-10-29(35)18-11-22(33)28(14-30)13-20(32)19(31)12-26(28,5)17(18)7-9-25(21,29)4/h11,15-17,19-21,23-24,30-32,34-35H,7-10,12-14H2,1-6H3. The fraction of sp³-hybridized carbons (Fsp3) is 0.897. The molecule has 0 aromatic carbocycles.